The van der Waals surface area contributed by atoms with E-state index >= 15 is 0 Å². The predicted octanol–water partition coefficient (Wildman–Crippen LogP) is 1.42. The third kappa shape index (κ3) is 3.32. The van der Waals surface area contributed by atoms with E-state index in [1.165, 1.54) is 0 Å². The molecule has 0 amide bonds. The molecule has 0 aliphatic rings. The minimum Gasteiger partial charge on any atom is -0.508 e. The molecule has 0 bridgehead atoms. The molecule has 2 aromatic carbocycles. The quantitative estimate of drug-likeness (QED) is 0.439. The van der Waals surface area contributed by atoms with Crippen LogP contribution < -0.4 is 11.5 Å². The number of benzene rings is 2. The van der Waals surface area contributed by atoms with Gasteiger partial charge in [0.1, 0.15) is 11.5 Å². The molecule has 0 saturated heterocycles. The smallest absolute Gasteiger partial charge is 0.211 e. The van der Waals surface area contributed by atoms with Gasteiger partial charge in [0.2, 0.25) is 5.96 Å². The molecule has 19 heavy (non-hydrogen) atoms. The SMILES string of the molecule is NC(N)=NN=C(c1ccccc1)c1ccc(O)cc1. The monoisotopic (exact) mass is 254 g/mol. The van der Waals surface area contributed by atoms with Crippen LogP contribution in [-0.4, -0.2) is 16.8 Å². The fourth-order valence-corrected chi connectivity index (χ4v) is 1.61. The minimum absolute atomic E-state index is 0.104. The molecule has 2 aromatic rings. The Bertz CT molecular complexity index is 599. The van der Waals surface area contributed by atoms with Crippen molar-refractivity contribution < 1.29 is 5.11 Å². The zero-order chi connectivity index (χ0) is 13.7. The van der Waals surface area contributed by atoms with E-state index in [4.69, 9.17) is 11.5 Å². The largest absolute Gasteiger partial charge is 0.508 e. The Morgan fingerprint density at radius 2 is 1.37 bits per heavy atom. The van der Waals surface area contributed by atoms with Crippen molar-refractivity contribution in [2.24, 2.45) is 21.7 Å². The van der Waals surface area contributed by atoms with Gasteiger partial charge in [-0.1, -0.05) is 30.3 Å². The Hall–Kier alpha value is -2.82. The van der Waals surface area contributed by atoms with E-state index in [-0.39, 0.29) is 11.7 Å². The van der Waals surface area contributed by atoms with Gasteiger partial charge in [0.25, 0.3) is 0 Å². The zero-order valence-electron chi connectivity index (χ0n) is 10.2. The molecule has 96 valence electrons. The molecular formula is C14H14N4O. The lowest BCUT2D eigenvalue weighted by Gasteiger charge is -2.05. The van der Waals surface area contributed by atoms with Crippen LogP contribution in [0, 0.1) is 0 Å². The minimum atomic E-state index is -0.104. The summed E-state index contributed by atoms with van der Waals surface area (Å²) in [5.41, 5.74) is 12.9. The van der Waals surface area contributed by atoms with Crippen molar-refractivity contribution in [1.82, 2.24) is 0 Å². The van der Waals surface area contributed by atoms with Crippen molar-refractivity contribution in [3.05, 3.63) is 65.7 Å². The Morgan fingerprint density at radius 3 is 1.95 bits per heavy atom. The zero-order valence-corrected chi connectivity index (χ0v) is 10.2. The molecule has 0 saturated carbocycles. The average molecular weight is 254 g/mol. The molecule has 0 radical (unpaired) electrons. The van der Waals surface area contributed by atoms with Crippen LogP contribution in [0.15, 0.2) is 64.8 Å². The highest BCUT2D eigenvalue weighted by Gasteiger charge is 2.06. The van der Waals surface area contributed by atoms with Gasteiger partial charge in [0, 0.05) is 11.1 Å². The summed E-state index contributed by atoms with van der Waals surface area (Å²) < 4.78 is 0. The number of rotatable bonds is 3. The second-order valence-corrected chi connectivity index (χ2v) is 3.89. The third-order valence-electron chi connectivity index (χ3n) is 2.45. The summed E-state index contributed by atoms with van der Waals surface area (Å²) in [5, 5.41) is 17.1. The van der Waals surface area contributed by atoms with E-state index in [0.29, 0.717) is 5.71 Å². The molecule has 0 atom stereocenters. The molecule has 0 spiro atoms. The number of nitrogens with two attached hydrogens (primary N) is 2. The van der Waals surface area contributed by atoms with Crippen LogP contribution in [0.5, 0.6) is 5.75 Å². The van der Waals surface area contributed by atoms with Crippen LogP contribution in [0.2, 0.25) is 0 Å². The van der Waals surface area contributed by atoms with E-state index in [2.05, 4.69) is 10.2 Å². The Kier molecular flexibility index (Phi) is 3.78. The second-order valence-electron chi connectivity index (χ2n) is 3.89. The predicted molar refractivity (Wildman–Crippen MR) is 76.0 cm³/mol. The van der Waals surface area contributed by atoms with E-state index in [9.17, 15) is 5.11 Å². The van der Waals surface area contributed by atoms with Crippen molar-refractivity contribution in [2.45, 2.75) is 0 Å². The molecule has 0 aliphatic heterocycles. The Labute approximate surface area is 110 Å². The molecule has 0 unspecified atom stereocenters. The fraction of sp³-hybridized carbons (Fsp3) is 0. The summed E-state index contributed by atoms with van der Waals surface area (Å²) in [4.78, 5) is 0. The third-order valence-corrected chi connectivity index (χ3v) is 2.45. The molecule has 5 N–H and O–H groups in total. The number of phenols is 1. The van der Waals surface area contributed by atoms with Gasteiger partial charge in [0.15, 0.2) is 0 Å². The molecular weight excluding hydrogens is 240 g/mol. The number of guanidine groups is 1. The Balaban J connectivity index is 2.49. The van der Waals surface area contributed by atoms with Gasteiger partial charge in [-0.05, 0) is 24.3 Å². The first-order chi connectivity index (χ1) is 9.16. The second kappa shape index (κ2) is 5.68. The highest BCUT2D eigenvalue weighted by molar-refractivity contribution is 6.13. The van der Waals surface area contributed by atoms with Crippen molar-refractivity contribution in [3.63, 3.8) is 0 Å². The summed E-state index contributed by atoms with van der Waals surface area (Å²) in [6.45, 7) is 0. The Morgan fingerprint density at radius 1 is 0.789 bits per heavy atom. The number of hydrogen-bond acceptors (Lipinski definition) is 3. The van der Waals surface area contributed by atoms with Gasteiger partial charge >= 0.3 is 0 Å². The molecule has 5 nitrogen and oxygen atoms in total. The maximum Gasteiger partial charge on any atom is 0.211 e. The summed E-state index contributed by atoms with van der Waals surface area (Å²) in [5.74, 6) is 0.0882. The number of phenolic OH excluding ortho intramolecular Hbond substituents is 1. The summed E-state index contributed by atoms with van der Waals surface area (Å²) in [6, 6.07) is 16.2. The topological polar surface area (TPSA) is 97.0 Å². The first kappa shape index (κ1) is 12.6. The van der Waals surface area contributed by atoms with Crippen LogP contribution in [0.1, 0.15) is 11.1 Å². The van der Waals surface area contributed by atoms with E-state index in [1.807, 2.05) is 30.3 Å². The van der Waals surface area contributed by atoms with Crippen LogP contribution >= 0.6 is 0 Å². The number of nitrogens with zero attached hydrogens (tertiary/aromatic N) is 2. The normalized spacial score (nSPS) is 11.1. The van der Waals surface area contributed by atoms with Crippen LogP contribution in [0.25, 0.3) is 0 Å². The lowest BCUT2D eigenvalue weighted by Crippen LogP contribution is -2.22. The molecule has 0 aliphatic carbocycles. The van der Waals surface area contributed by atoms with Crippen molar-refractivity contribution in [3.8, 4) is 5.75 Å². The van der Waals surface area contributed by atoms with Gasteiger partial charge in [-0.2, -0.15) is 0 Å². The highest BCUT2D eigenvalue weighted by Crippen LogP contribution is 2.15. The number of hydrogen-bond donors (Lipinski definition) is 3. The summed E-state index contributed by atoms with van der Waals surface area (Å²) in [7, 11) is 0. The molecule has 0 heterocycles. The van der Waals surface area contributed by atoms with Gasteiger partial charge in [-0.25, -0.2) is 0 Å². The lowest BCUT2D eigenvalue weighted by molar-refractivity contribution is 0.475. The highest BCUT2D eigenvalue weighted by atomic mass is 16.3. The lowest BCUT2D eigenvalue weighted by atomic mass is 10.0. The van der Waals surface area contributed by atoms with E-state index < -0.39 is 0 Å². The summed E-state index contributed by atoms with van der Waals surface area (Å²) in [6.07, 6.45) is 0. The van der Waals surface area contributed by atoms with Gasteiger partial charge < -0.3 is 16.6 Å². The molecule has 5 heteroatoms. The number of aromatic hydroxyl groups is 1. The van der Waals surface area contributed by atoms with E-state index in [1.54, 1.807) is 24.3 Å². The van der Waals surface area contributed by atoms with Gasteiger partial charge in [-0.15, -0.1) is 10.2 Å². The first-order valence-corrected chi connectivity index (χ1v) is 5.68. The van der Waals surface area contributed by atoms with Crippen molar-refractivity contribution in [1.29, 1.82) is 0 Å². The summed E-state index contributed by atoms with van der Waals surface area (Å²) >= 11 is 0. The first-order valence-electron chi connectivity index (χ1n) is 5.68. The maximum absolute atomic E-state index is 9.32. The standard InChI is InChI=1S/C14H14N4O/c15-14(16)18-17-13(10-4-2-1-3-5-10)11-6-8-12(19)9-7-11/h1-9,19H,(H4,15,16,18). The van der Waals surface area contributed by atoms with Crippen molar-refractivity contribution >= 4 is 11.7 Å². The van der Waals surface area contributed by atoms with Crippen LogP contribution in [0.4, 0.5) is 0 Å². The maximum atomic E-state index is 9.32. The van der Waals surface area contributed by atoms with Crippen LogP contribution in [0.3, 0.4) is 0 Å². The molecule has 0 aromatic heterocycles. The van der Waals surface area contributed by atoms with Gasteiger partial charge in [0.05, 0.1) is 0 Å². The fourth-order valence-electron chi connectivity index (χ4n) is 1.61. The molecule has 2 rings (SSSR count). The molecule has 0 fully saturated rings. The average Bonchev–Trinajstić information content (AvgIpc) is 2.42. The van der Waals surface area contributed by atoms with Crippen molar-refractivity contribution in [2.75, 3.05) is 0 Å². The van der Waals surface area contributed by atoms with E-state index in [0.717, 1.165) is 11.1 Å². The van der Waals surface area contributed by atoms with Gasteiger partial charge in [-0.3, -0.25) is 0 Å². The van der Waals surface area contributed by atoms with Crippen LogP contribution in [-0.2, 0) is 0 Å².